The van der Waals surface area contributed by atoms with Gasteiger partial charge in [0, 0.05) is 41.5 Å². The standard InChI is InChI=1S/C20H18ClN5O2S.2ClH/c1-26-7-6-22-20(26)29-18-5-4-12(8-14(18)21)25-19-13-9-16(27-2)17(28-3)10-15(13)23-11-24-19;;/h4-11H,1-3H3,(H,23,24,25);2*1H. The Kier molecular flexibility index (Phi) is 8.64. The molecule has 0 aliphatic rings. The molecule has 1 N–H and O–H groups in total. The number of hydrogen-bond donors (Lipinski definition) is 1. The zero-order valence-corrected chi connectivity index (χ0v) is 20.0. The molecular formula is C20H20Cl3N5O2S. The first-order valence-corrected chi connectivity index (χ1v) is 9.87. The third-order valence-corrected chi connectivity index (χ3v) is 5.89. The predicted octanol–water partition coefficient (Wildman–Crippen LogP) is 5.77. The fourth-order valence-corrected chi connectivity index (χ4v) is 3.93. The van der Waals surface area contributed by atoms with E-state index in [1.165, 1.54) is 18.1 Å². The Morgan fingerprint density at radius 1 is 1.00 bits per heavy atom. The van der Waals surface area contributed by atoms with E-state index in [9.17, 15) is 0 Å². The summed E-state index contributed by atoms with van der Waals surface area (Å²) >= 11 is 8.01. The number of nitrogens with one attached hydrogen (secondary N) is 1. The number of halogens is 3. The highest BCUT2D eigenvalue weighted by Gasteiger charge is 2.12. The van der Waals surface area contributed by atoms with Gasteiger partial charge >= 0.3 is 0 Å². The summed E-state index contributed by atoms with van der Waals surface area (Å²) in [5.41, 5.74) is 1.56. The lowest BCUT2D eigenvalue weighted by Crippen LogP contribution is -1.98. The highest BCUT2D eigenvalue weighted by molar-refractivity contribution is 7.99. The fraction of sp³-hybridized carbons (Fsp3) is 0.150. The quantitative estimate of drug-likeness (QED) is 0.360. The number of hydrogen-bond acceptors (Lipinski definition) is 7. The summed E-state index contributed by atoms with van der Waals surface area (Å²) in [7, 11) is 5.14. The summed E-state index contributed by atoms with van der Waals surface area (Å²) < 4.78 is 12.7. The van der Waals surface area contributed by atoms with Gasteiger partial charge in [-0.05, 0) is 24.3 Å². The van der Waals surface area contributed by atoms with Crippen LogP contribution in [0.5, 0.6) is 11.5 Å². The van der Waals surface area contributed by atoms with Crippen LogP contribution in [0.1, 0.15) is 0 Å². The molecule has 164 valence electrons. The lowest BCUT2D eigenvalue weighted by Gasteiger charge is -2.13. The molecular weight excluding hydrogens is 481 g/mol. The summed E-state index contributed by atoms with van der Waals surface area (Å²) in [5, 5.41) is 5.62. The van der Waals surface area contributed by atoms with Gasteiger partial charge in [-0.15, -0.1) is 24.8 Å². The molecule has 4 rings (SSSR count). The Balaban J connectivity index is 0.00000171. The lowest BCUT2D eigenvalue weighted by molar-refractivity contribution is 0.356. The maximum absolute atomic E-state index is 6.50. The van der Waals surface area contributed by atoms with Crippen LogP contribution in [0.4, 0.5) is 11.5 Å². The van der Waals surface area contributed by atoms with E-state index < -0.39 is 0 Å². The maximum atomic E-state index is 6.50. The number of anilines is 2. The highest BCUT2D eigenvalue weighted by atomic mass is 35.5. The Hall–Kier alpha value is -2.39. The number of aromatic nitrogens is 4. The predicted molar refractivity (Wildman–Crippen MR) is 129 cm³/mol. The highest BCUT2D eigenvalue weighted by Crippen LogP contribution is 2.37. The molecule has 2 aromatic heterocycles. The number of aryl methyl sites for hydroxylation is 1. The Morgan fingerprint density at radius 2 is 1.74 bits per heavy atom. The van der Waals surface area contributed by atoms with Gasteiger partial charge in [-0.2, -0.15) is 0 Å². The molecule has 0 aliphatic heterocycles. The monoisotopic (exact) mass is 499 g/mol. The van der Waals surface area contributed by atoms with Gasteiger partial charge in [0.1, 0.15) is 12.1 Å². The first kappa shape index (κ1) is 24.9. The molecule has 0 aliphatic carbocycles. The van der Waals surface area contributed by atoms with Crippen LogP contribution in [-0.4, -0.2) is 33.7 Å². The molecule has 31 heavy (non-hydrogen) atoms. The zero-order chi connectivity index (χ0) is 20.4. The van der Waals surface area contributed by atoms with E-state index in [2.05, 4.69) is 20.3 Å². The minimum absolute atomic E-state index is 0. The molecule has 2 heterocycles. The van der Waals surface area contributed by atoms with Gasteiger partial charge < -0.3 is 19.4 Å². The van der Waals surface area contributed by atoms with Gasteiger partial charge in [0.15, 0.2) is 16.7 Å². The second-order valence-corrected chi connectivity index (χ2v) is 7.56. The van der Waals surface area contributed by atoms with E-state index in [0.717, 1.165) is 26.6 Å². The van der Waals surface area contributed by atoms with Crippen molar-refractivity contribution in [1.82, 2.24) is 19.5 Å². The van der Waals surface area contributed by atoms with Crippen LogP contribution in [0, 0.1) is 0 Å². The number of ether oxygens (including phenoxy) is 2. The molecule has 0 unspecified atom stereocenters. The van der Waals surface area contributed by atoms with Gasteiger partial charge in [0.25, 0.3) is 0 Å². The summed E-state index contributed by atoms with van der Waals surface area (Å²) in [5.74, 6) is 1.87. The number of nitrogens with zero attached hydrogens (tertiary/aromatic N) is 4. The first-order valence-electron chi connectivity index (χ1n) is 8.67. The van der Waals surface area contributed by atoms with Gasteiger partial charge in [0.2, 0.25) is 0 Å². The van der Waals surface area contributed by atoms with Gasteiger partial charge in [-0.25, -0.2) is 15.0 Å². The van der Waals surface area contributed by atoms with Crippen molar-refractivity contribution in [1.29, 1.82) is 0 Å². The Labute approximate surface area is 201 Å². The first-order chi connectivity index (χ1) is 14.1. The number of rotatable bonds is 6. The van der Waals surface area contributed by atoms with Crippen LogP contribution >= 0.6 is 48.2 Å². The Morgan fingerprint density at radius 3 is 2.39 bits per heavy atom. The van der Waals surface area contributed by atoms with Crippen molar-refractivity contribution in [3.05, 3.63) is 54.1 Å². The number of benzene rings is 2. The largest absolute Gasteiger partial charge is 0.493 e. The van der Waals surface area contributed by atoms with Gasteiger partial charge in [0.05, 0.1) is 24.8 Å². The molecule has 0 spiro atoms. The van der Waals surface area contributed by atoms with Crippen molar-refractivity contribution < 1.29 is 9.47 Å². The second-order valence-electron chi connectivity index (χ2n) is 6.14. The van der Waals surface area contributed by atoms with Crippen molar-refractivity contribution in [3.63, 3.8) is 0 Å². The van der Waals surface area contributed by atoms with Crippen LogP contribution in [0.15, 0.2) is 59.1 Å². The van der Waals surface area contributed by atoms with E-state index in [1.54, 1.807) is 20.4 Å². The van der Waals surface area contributed by atoms with Crippen LogP contribution in [-0.2, 0) is 7.05 Å². The SMILES string of the molecule is COc1cc2ncnc(Nc3ccc(Sc4nccn4C)c(Cl)c3)c2cc1OC.Cl.Cl. The number of methoxy groups -OCH3 is 2. The molecule has 0 saturated heterocycles. The van der Waals surface area contributed by atoms with E-state index in [-0.39, 0.29) is 24.8 Å². The Bertz CT molecular complexity index is 1190. The van der Waals surface area contributed by atoms with Crippen molar-refractivity contribution in [2.24, 2.45) is 7.05 Å². The molecule has 4 aromatic rings. The van der Waals surface area contributed by atoms with Crippen LogP contribution in [0.2, 0.25) is 5.02 Å². The molecule has 0 saturated carbocycles. The third-order valence-electron chi connectivity index (χ3n) is 4.31. The molecule has 0 radical (unpaired) electrons. The fourth-order valence-electron chi connectivity index (χ4n) is 2.83. The minimum atomic E-state index is 0. The molecule has 0 amide bonds. The molecule has 7 nitrogen and oxygen atoms in total. The van der Waals surface area contributed by atoms with Crippen molar-refractivity contribution in [2.45, 2.75) is 10.1 Å². The topological polar surface area (TPSA) is 74.1 Å². The van der Waals surface area contributed by atoms with E-state index in [4.69, 9.17) is 21.1 Å². The maximum Gasteiger partial charge on any atom is 0.172 e. The second kappa shape index (κ2) is 10.8. The smallest absolute Gasteiger partial charge is 0.172 e. The molecule has 0 fully saturated rings. The van der Waals surface area contributed by atoms with Gasteiger partial charge in [-0.3, -0.25) is 0 Å². The minimum Gasteiger partial charge on any atom is -0.493 e. The lowest BCUT2D eigenvalue weighted by atomic mass is 10.2. The number of imidazole rings is 1. The van der Waals surface area contributed by atoms with Crippen LogP contribution in [0.25, 0.3) is 10.9 Å². The summed E-state index contributed by atoms with van der Waals surface area (Å²) in [4.78, 5) is 13.9. The van der Waals surface area contributed by atoms with Crippen molar-refractivity contribution in [2.75, 3.05) is 19.5 Å². The number of fused-ring (bicyclic) bond motifs is 1. The molecule has 11 heteroatoms. The molecule has 0 bridgehead atoms. The van der Waals surface area contributed by atoms with Crippen LogP contribution < -0.4 is 14.8 Å². The molecule has 2 aromatic carbocycles. The summed E-state index contributed by atoms with van der Waals surface area (Å²) in [6, 6.07) is 9.44. The average Bonchev–Trinajstić information content (AvgIpc) is 3.13. The van der Waals surface area contributed by atoms with E-state index >= 15 is 0 Å². The normalized spacial score (nSPS) is 10.2. The van der Waals surface area contributed by atoms with Crippen LogP contribution in [0.3, 0.4) is 0 Å². The van der Waals surface area contributed by atoms with Crippen molar-refractivity contribution >= 4 is 70.6 Å². The summed E-state index contributed by atoms with van der Waals surface area (Å²) in [6.07, 6.45) is 5.16. The van der Waals surface area contributed by atoms with E-state index in [0.29, 0.717) is 22.3 Å². The summed E-state index contributed by atoms with van der Waals surface area (Å²) in [6.45, 7) is 0. The van der Waals surface area contributed by atoms with E-state index in [1.807, 2.05) is 48.1 Å². The molecule has 0 atom stereocenters. The zero-order valence-electron chi connectivity index (χ0n) is 16.8. The van der Waals surface area contributed by atoms with Gasteiger partial charge in [-0.1, -0.05) is 23.4 Å². The van der Waals surface area contributed by atoms with Crippen molar-refractivity contribution in [3.8, 4) is 11.5 Å². The average molecular weight is 501 g/mol. The third kappa shape index (κ3) is 5.27.